The molecule has 2 heteroatoms. The van der Waals surface area contributed by atoms with E-state index >= 15 is 0 Å². The molecule has 3 aromatic rings. The van der Waals surface area contributed by atoms with E-state index in [0.717, 1.165) is 21.9 Å². The molecule has 0 bridgehead atoms. The van der Waals surface area contributed by atoms with E-state index in [0.29, 0.717) is 5.56 Å². The third kappa shape index (κ3) is 3.20. The summed E-state index contributed by atoms with van der Waals surface area (Å²) in [7, 11) is 0. The molecular weight excluding hydrogens is 282 g/mol. The fourth-order valence-electron chi connectivity index (χ4n) is 2.55. The fraction of sp³-hybridized carbons (Fsp3) is 0.0476. The molecule has 0 aliphatic heterocycles. The lowest BCUT2D eigenvalue weighted by atomic mass is 9.99. The summed E-state index contributed by atoms with van der Waals surface area (Å²) < 4.78 is 0. The molecule has 2 nitrogen and oxygen atoms in total. The molecule has 110 valence electrons. The van der Waals surface area contributed by atoms with Gasteiger partial charge in [-0.25, -0.2) is 0 Å². The van der Waals surface area contributed by atoms with Crippen molar-refractivity contribution in [3.63, 3.8) is 0 Å². The minimum absolute atomic E-state index is 0.144. The molecule has 0 saturated heterocycles. The van der Waals surface area contributed by atoms with Crippen LogP contribution >= 0.6 is 0 Å². The second kappa shape index (κ2) is 6.29. The number of hydrogen-bond donors (Lipinski definition) is 0. The standard InChI is InChI=1S/C21H15NO/c1-15-5-4-8-19(11-15)21(23)20(14-22)13-16-9-10-17-6-2-3-7-18(17)12-16/h2-13H,1H3/b20-13+. The Labute approximate surface area is 135 Å². The van der Waals surface area contributed by atoms with Gasteiger partial charge in [0.1, 0.15) is 11.6 Å². The van der Waals surface area contributed by atoms with Gasteiger partial charge >= 0.3 is 0 Å². The van der Waals surface area contributed by atoms with Gasteiger partial charge in [0.05, 0.1) is 0 Å². The summed E-state index contributed by atoms with van der Waals surface area (Å²) in [6, 6.07) is 23.2. The number of allylic oxidation sites excluding steroid dienone is 1. The van der Waals surface area contributed by atoms with E-state index in [-0.39, 0.29) is 11.4 Å². The third-order valence-electron chi connectivity index (χ3n) is 3.73. The molecule has 3 rings (SSSR count). The summed E-state index contributed by atoms with van der Waals surface area (Å²) in [5, 5.41) is 11.6. The van der Waals surface area contributed by atoms with Crippen molar-refractivity contribution in [2.24, 2.45) is 0 Å². The van der Waals surface area contributed by atoms with Gasteiger partial charge in [-0.05, 0) is 41.5 Å². The molecule has 0 radical (unpaired) electrons. The van der Waals surface area contributed by atoms with Gasteiger partial charge in [-0.2, -0.15) is 5.26 Å². The van der Waals surface area contributed by atoms with Crippen molar-refractivity contribution in [3.8, 4) is 6.07 Å². The number of Topliss-reactive ketones (excluding diaryl/α,β-unsaturated/α-hetero) is 1. The highest BCUT2D eigenvalue weighted by Gasteiger charge is 2.12. The van der Waals surface area contributed by atoms with Gasteiger partial charge in [0.25, 0.3) is 0 Å². The number of carbonyl (C=O) groups is 1. The third-order valence-corrected chi connectivity index (χ3v) is 3.73. The maximum atomic E-state index is 12.5. The van der Waals surface area contributed by atoms with Crippen LogP contribution in [0.25, 0.3) is 16.8 Å². The first-order chi connectivity index (χ1) is 11.2. The molecule has 0 saturated carbocycles. The first-order valence-corrected chi connectivity index (χ1v) is 7.39. The molecule has 0 amide bonds. The summed E-state index contributed by atoms with van der Waals surface area (Å²) in [6.07, 6.45) is 1.65. The molecule has 0 fully saturated rings. The average Bonchev–Trinajstić information content (AvgIpc) is 2.59. The highest BCUT2D eigenvalue weighted by Crippen LogP contribution is 2.19. The Morgan fingerprint density at radius 3 is 2.48 bits per heavy atom. The van der Waals surface area contributed by atoms with Gasteiger partial charge in [-0.1, -0.05) is 60.2 Å². The topological polar surface area (TPSA) is 40.9 Å². The Morgan fingerprint density at radius 1 is 0.957 bits per heavy atom. The predicted molar refractivity (Wildman–Crippen MR) is 93.0 cm³/mol. The molecule has 0 aromatic heterocycles. The molecular formula is C21H15NO. The van der Waals surface area contributed by atoms with Crippen LogP contribution in [0, 0.1) is 18.3 Å². The lowest BCUT2D eigenvalue weighted by Crippen LogP contribution is -2.02. The van der Waals surface area contributed by atoms with E-state index in [4.69, 9.17) is 0 Å². The van der Waals surface area contributed by atoms with Crippen LogP contribution in [0.4, 0.5) is 0 Å². The molecule has 0 spiro atoms. The van der Waals surface area contributed by atoms with Crippen molar-refractivity contribution in [2.75, 3.05) is 0 Å². The first-order valence-electron chi connectivity index (χ1n) is 7.39. The Morgan fingerprint density at radius 2 is 1.74 bits per heavy atom. The summed E-state index contributed by atoms with van der Waals surface area (Å²) in [5.74, 6) is -0.246. The number of benzene rings is 3. The molecule has 0 atom stereocenters. The number of ketones is 1. The average molecular weight is 297 g/mol. The quantitative estimate of drug-likeness (QED) is 0.390. The fourth-order valence-corrected chi connectivity index (χ4v) is 2.55. The number of nitrogens with zero attached hydrogens (tertiary/aromatic N) is 1. The molecule has 0 unspecified atom stereocenters. The lowest BCUT2D eigenvalue weighted by Gasteiger charge is -2.02. The van der Waals surface area contributed by atoms with Gasteiger partial charge in [0.15, 0.2) is 0 Å². The zero-order chi connectivity index (χ0) is 16.2. The van der Waals surface area contributed by atoms with E-state index in [1.54, 1.807) is 18.2 Å². The molecule has 0 heterocycles. The van der Waals surface area contributed by atoms with Crippen LogP contribution in [0.3, 0.4) is 0 Å². The second-order valence-corrected chi connectivity index (χ2v) is 5.48. The summed E-state index contributed by atoms with van der Waals surface area (Å²) in [6.45, 7) is 1.93. The summed E-state index contributed by atoms with van der Waals surface area (Å²) in [4.78, 5) is 12.5. The van der Waals surface area contributed by atoms with Crippen molar-refractivity contribution in [3.05, 3.63) is 89.0 Å². The van der Waals surface area contributed by atoms with E-state index in [1.807, 2.05) is 67.6 Å². The molecule has 0 aliphatic carbocycles. The normalized spacial score (nSPS) is 11.2. The minimum atomic E-state index is -0.246. The van der Waals surface area contributed by atoms with Crippen LogP contribution < -0.4 is 0 Å². The number of carbonyl (C=O) groups excluding carboxylic acids is 1. The van der Waals surface area contributed by atoms with Crippen molar-refractivity contribution in [1.82, 2.24) is 0 Å². The minimum Gasteiger partial charge on any atom is -0.288 e. The largest absolute Gasteiger partial charge is 0.288 e. The van der Waals surface area contributed by atoms with Crippen molar-refractivity contribution in [2.45, 2.75) is 6.92 Å². The SMILES string of the molecule is Cc1cccc(C(=O)/C(C#N)=C/c2ccc3ccccc3c2)c1. The van der Waals surface area contributed by atoms with E-state index in [1.165, 1.54) is 0 Å². The summed E-state index contributed by atoms with van der Waals surface area (Å²) >= 11 is 0. The van der Waals surface area contributed by atoms with Crippen LogP contribution in [0.2, 0.25) is 0 Å². The van der Waals surface area contributed by atoms with Crippen LogP contribution in [0.1, 0.15) is 21.5 Å². The van der Waals surface area contributed by atoms with Crippen molar-refractivity contribution >= 4 is 22.6 Å². The van der Waals surface area contributed by atoms with Crippen molar-refractivity contribution < 1.29 is 4.79 Å². The maximum absolute atomic E-state index is 12.5. The van der Waals surface area contributed by atoms with Crippen LogP contribution in [-0.4, -0.2) is 5.78 Å². The van der Waals surface area contributed by atoms with E-state index in [2.05, 4.69) is 0 Å². The van der Waals surface area contributed by atoms with Gasteiger partial charge < -0.3 is 0 Å². The van der Waals surface area contributed by atoms with Gasteiger partial charge in [0, 0.05) is 5.56 Å². The molecule has 3 aromatic carbocycles. The number of aryl methyl sites for hydroxylation is 1. The van der Waals surface area contributed by atoms with Gasteiger partial charge in [-0.3, -0.25) is 4.79 Å². The number of rotatable bonds is 3. The first kappa shape index (κ1) is 14.7. The molecule has 0 N–H and O–H groups in total. The van der Waals surface area contributed by atoms with E-state index < -0.39 is 0 Å². The lowest BCUT2D eigenvalue weighted by molar-refractivity contribution is 0.104. The maximum Gasteiger partial charge on any atom is 0.203 e. The van der Waals surface area contributed by atoms with Gasteiger partial charge in [0.2, 0.25) is 5.78 Å². The van der Waals surface area contributed by atoms with Crippen LogP contribution in [0.5, 0.6) is 0 Å². The highest BCUT2D eigenvalue weighted by atomic mass is 16.1. The van der Waals surface area contributed by atoms with Gasteiger partial charge in [-0.15, -0.1) is 0 Å². The predicted octanol–water partition coefficient (Wildman–Crippen LogP) is 4.94. The van der Waals surface area contributed by atoms with Crippen LogP contribution in [-0.2, 0) is 0 Å². The van der Waals surface area contributed by atoms with E-state index in [9.17, 15) is 10.1 Å². The Kier molecular flexibility index (Phi) is 4.03. The van der Waals surface area contributed by atoms with Crippen LogP contribution in [0.15, 0.2) is 72.3 Å². The molecule has 0 aliphatic rings. The smallest absolute Gasteiger partial charge is 0.203 e. The summed E-state index contributed by atoms with van der Waals surface area (Å²) in [5.41, 5.74) is 2.53. The Hall–Kier alpha value is -3.18. The molecule has 23 heavy (non-hydrogen) atoms. The number of nitriles is 1. The number of fused-ring (bicyclic) bond motifs is 1. The van der Waals surface area contributed by atoms with Crippen molar-refractivity contribution in [1.29, 1.82) is 5.26 Å². The zero-order valence-corrected chi connectivity index (χ0v) is 12.8. The Balaban J connectivity index is 2.00. The second-order valence-electron chi connectivity index (χ2n) is 5.48. The highest BCUT2D eigenvalue weighted by molar-refractivity contribution is 6.14. The zero-order valence-electron chi connectivity index (χ0n) is 12.8. The number of hydrogen-bond acceptors (Lipinski definition) is 2. The Bertz CT molecular complexity index is 961. The monoisotopic (exact) mass is 297 g/mol.